The molecule has 1 aromatic heterocycles. The highest BCUT2D eigenvalue weighted by atomic mass is 32.1. The zero-order chi connectivity index (χ0) is 27.4. The highest BCUT2D eigenvalue weighted by Gasteiger charge is 2.18. The summed E-state index contributed by atoms with van der Waals surface area (Å²) < 4.78 is 12.8. The molecule has 1 heterocycles. The van der Waals surface area contributed by atoms with Crippen LogP contribution in [0.4, 0.5) is 5.69 Å². The number of hydrogen-bond acceptors (Lipinski definition) is 6. The number of thiazole rings is 1. The number of nitrogens with one attached hydrogen (secondary N) is 1. The van der Waals surface area contributed by atoms with Crippen LogP contribution in [0.3, 0.4) is 0 Å². The maximum atomic E-state index is 13.8. The van der Waals surface area contributed by atoms with Crippen molar-refractivity contribution in [1.29, 1.82) is 5.26 Å². The van der Waals surface area contributed by atoms with Crippen molar-refractivity contribution in [2.45, 2.75) is 20.8 Å². The molecule has 0 aliphatic heterocycles. The third kappa shape index (κ3) is 5.38. The molecule has 0 radical (unpaired) electrons. The van der Waals surface area contributed by atoms with Crippen LogP contribution in [0, 0.1) is 32.1 Å². The van der Waals surface area contributed by atoms with Crippen LogP contribution in [0.5, 0.6) is 11.5 Å². The third-order valence-electron chi connectivity index (χ3n) is 6.16. The minimum atomic E-state index is -0.597. The first-order valence-corrected chi connectivity index (χ1v) is 12.6. The van der Waals surface area contributed by atoms with E-state index in [9.17, 15) is 14.9 Å². The van der Waals surface area contributed by atoms with E-state index in [1.807, 2.05) is 57.2 Å². The van der Waals surface area contributed by atoms with Crippen molar-refractivity contribution < 1.29 is 14.3 Å². The first-order chi connectivity index (χ1) is 18.2. The number of carbonyl (C=O) groups is 1. The predicted octanol–water partition coefficient (Wildman–Crippen LogP) is 3.98. The molecule has 7 nitrogen and oxygen atoms in total. The molecule has 1 N–H and O–H groups in total. The fraction of sp³-hybridized carbons (Fsp3) is 0.167. The number of nitrogens with zero attached hydrogens (tertiary/aromatic N) is 2. The van der Waals surface area contributed by atoms with E-state index >= 15 is 0 Å². The molecule has 4 rings (SSSR count). The Balaban J connectivity index is 2.00. The van der Waals surface area contributed by atoms with Crippen LogP contribution < -0.4 is 29.5 Å². The van der Waals surface area contributed by atoms with Crippen molar-refractivity contribution in [3.8, 4) is 23.3 Å². The Morgan fingerprint density at radius 1 is 0.974 bits per heavy atom. The molecule has 0 fully saturated rings. The molecule has 0 aliphatic carbocycles. The fourth-order valence-electron chi connectivity index (χ4n) is 3.87. The number of benzene rings is 3. The summed E-state index contributed by atoms with van der Waals surface area (Å²) >= 11 is 1.07. The van der Waals surface area contributed by atoms with Gasteiger partial charge < -0.3 is 14.8 Å². The Kier molecular flexibility index (Phi) is 7.79. The van der Waals surface area contributed by atoms with E-state index in [2.05, 4.69) is 5.32 Å². The second kappa shape index (κ2) is 11.2. The minimum absolute atomic E-state index is 0.164. The summed E-state index contributed by atoms with van der Waals surface area (Å²) in [5, 5.41) is 12.9. The maximum Gasteiger partial charge on any atom is 0.273 e. The van der Waals surface area contributed by atoms with Crippen LogP contribution in [0.25, 0.3) is 17.3 Å². The van der Waals surface area contributed by atoms with Crippen LogP contribution >= 0.6 is 11.3 Å². The van der Waals surface area contributed by atoms with Crippen molar-refractivity contribution in [3.05, 3.63) is 102 Å². The fourth-order valence-corrected chi connectivity index (χ4v) is 4.96. The lowest BCUT2D eigenvalue weighted by molar-refractivity contribution is -0.111. The lowest BCUT2D eigenvalue weighted by Gasteiger charge is -2.08. The van der Waals surface area contributed by atoms with Crippen molar-refractivity contribution in [3.63, 3.8) is 0 Å². The standard InChI is InChI=1S/C30H27N3O4S/c1-18-6-9-22(10-7-18)32-28(34)25(17-31)30-33(23-11-8-19(2)20(3)14-23)29(35)27(38-30)16-21-15-24(36-4)12-13-26(21)37-5/h6-16H,1-5H3,(H,32,34). The van der Waals surface area contributed by atoms with Gasteiger partial charge in [-0.15, -0.1) is 11.3 Å². The number of carbonyl (C=O) groups excluding carboxylic acids is 1. The summed E-state index contributed by atoms with van der Waals surface area (Å²) in [4.78, 5) is 27.1. The first kappa shape index (κ1) is 26.5. The molecule has 0 bridgehead atoms. The van der Waals surface area contributed by atoms with Gasteiger partial charge in [0, 0.05) is 11.3 Å². The molecule has 4 aromatic rings. The van der Waals surface area contributed by atoms with Crippen LogP contribution in [0.15, 0.2) is 65.5 Å². The van der Waals surface area contributed by atoms with Gasteiger partial charge in [0.25, 0.3) is 11.5 Å². The molecular formula is C30H27N3O4S. The number of amides is 1. The number of ether oxygens (including phenoxy) is 2. The molecule has 0 aliphatic rings. The molecule has 3 aromatic carbocycles. The Labute approximate surface area is 224 Å². The van der Waals surface area contributed by atoms with Gasteiger partial charge in [0.2, 0.25) is 0 Å². The number of nitriles is 1. The second-order valence-electron chi connectivity index (χ2n) is 8.74. The Bertz CT molecular complexity index is 1740. The Morgan fingerprint density at radius 3 is 2.34 bits per heavy atom. The van der Waals surface area contributed by atoms with Crippen LogP contribution in [-0.2, 0) is 4.79 Å². The van der Waals surface area contributed by atoms with Gasteiger partial charge in [-0.25, -0.2) is 0 Å². The van der Waals surface area contributed by atoms with Crippen molar-refractivity contribution in [2.75, 3.05) is 19.5 Å². The lowest BCUT2D eigenvalue weighted by atomic mass is 10.1. The molecule has 0 unspecified atom stereocenters. The number of rotatable bonds is 6. The van der Waals surface area contributed by atoms with Crippen LogP contribution in [0.1, 0.15) is 22.3 Å². The van der Waals surface area contributed by atoms with E-state index in [0.29, 0.717) is 33.0 Å². The molecule has 0 saturated carbocycles. The van der Waals surface area contributed by atoms with Gasteiger partial charge in [0.15, 0.2) is 5.57 Å². The molecule has 0 atom stereocenters. The zero-order valence-corrected chi connectivity index (χ0v) is 22.6. The van der Waals surface area contributed by atoms with Crippen LogP contribution in [-0.4, -0.2) is 24.7 Å². The minimum Gasteiger partial charge on any atom is -0.497 e. The van der Waals surface area contributed by atoms with E-state index in [4.69, 9.17) is 9.47 Å². The summed E-state index contributed by atoms with van der Waals surface area (Å²) in [5.74, 6) is 0.560. The zero-order valence-electron chi connectivity index (χ0n) is 21.8. The van der Waals surface area contributed by atoms with E-state index in [1.165, 1.54) is 4.57 Å². The van der Waals surface area contributed by atoms with E-state index < -0.39 is 5.91 Å². The van der Waals surface area contributed by atoms with E-state index in [0.717, 1.165) is 28.0 Å². The molecule has 1 amide bonds. The van der Waals surface area contributed by atoms with E-state index in [-0.39, 0.29) is 15.8 Å². The van der Waals surface area contributed by atoms with Gasteiger partial charge in [-0.05, 0) is 80.4 Å². The van der Waals surface area contributed by atoms with Crippen molar-refractivity contribution in [1.82, 2.24) is 4.57 Å². The summed E-state index contributed by atoms with van der Waals surface area (Å²) in [5.41, 5.74) is 4.32. The number of aromatic nitrogens is 1. The number of hydrogen-bond donors (Lipinski definition) is 1. The number of aryl methyl sites for hydroxylation is 3. The Morgan fingerprint density at radius 2 is 1.71 bits per heavy atom. The highest BCUT2D eigenvalue weighted by molar-refractivity contribution is 7.07. The molecule has 192 valence electrons. The Hall–Kier alpha value is -4.61. The highest BCUT2D eigenvalue weighted by Crippen LogP contribution is 2.24. The quantitative estimate of drug-likeness (QED) is 0.411. The number of methoxy groups -OCH3 is 2. The van der Waals surface area contributed by atoms with Gasteiger partial charge in [0.1, 0.15) is 22.2 Å². The van der Waals surface area contributed by atoms with Crippen LogP contribution in [0.2, 0.25) is 0 Å². The number of anilines is 1. The summed E-state index contributed by atoms with van der Waals surface area (Å²) in [6, 6.07) is 20.2. The molecule has 8 heteroatoms. The topological polar surface area (TPSA) is 93.3 Å². The normalized spacial score (nSPS) is 12.1. The molecular weight excluding hydrogens is 498 g/mol. The molecule has 0 spiro atoms. The van der Waals surface area contributed by atoms with Crippen molar-refractivity contribution >= 4 is 34.6 Å². The monoisotopic (exact) mass is 525 g/mol. The lowest BCUT2D eigenvalue weighted by Crippen LogP contribution is -2.32. The summed E-state index contributed by atoms with van der Waals surface area (Å²) in [6.07, 6.45) is 1.68. The van der Waals surface area contributed by atoms with Gasteiger partial charge in [-0.3, -0.25) is 14.2 Å². The van der Waals surface area contributed by atoms with Crippen molar-refractivity contribution in [2.24, 2.45) is 0 Å². The molecule has 0 saturated heterocycles. The largest absolute Gasteiger partial charge is 0.497 e. The third-order valence-corrected chi connectivity index (χ3v) is 7.25. The molecule has 38 heavy (non-hydrogen) atoms. The van der Waals surface area contributed by atoms with Gasteiger partial charge >= 0.3 is 0 Å². The summed E-state index contributed by atoms with van der Waals surface area (Å²) in [7, 11) is 3.10. The van der Waals surface area contributed by atoms with E-state index in [1.54, 1.807) is 50.6 Å². The SMILES string of the molecule is COc1ccc(OC)c(C=c2sc(=C(C#N)C(=O)Nc3ccc(C)cc3)n(-c3ccc(C)c(C)c3)c2=O)c1. The first-order valence-electron chi connectivity index (χ1n) is 11.8. The average Bonchev–Trinajstić information content (AvgIpc) is 3.22. The van der Waals surface area contributed by atoms with Gasteiger partial charge in [-0.2, -0.15) is 5.26 Å². The summed E-state index contributed by atoms with van der Waals surface area (Å²) in [6.45, 7) is 5.87. The van der Waals surface area contributed by atoms with Gasteiger partial charge in [-0.1, -0.05) is 23.8 Å². The average molecular weight is 526 g/mol. The maximum absolute atomic E-state index is 13.8. The predicted molar refractivity (Wildman–Crippen MR) is 151 cm³/mol. The second-order valence-corrected chi connectivity index (χ2v) is 9.77. The van der Waals surface area contributed by atoms with Gasteiger partial charge in [0.05, 0.1) is 24.4 Å². The smallest absolute Gasteiger partial charge is 0.273 e.